The molecule has 0 radical (unpaired) electrons. The SMILES string of the molecule is C[Se]C1[C@@H](O)C(CO)O[C@H]1n1ccc(N)nc1=O. The van der Waals surface area contributed by atoms with Crippen molar-refractivity contribution in [3.63, 3.8) is 0 Å². The van der Waals surface area contributed by atoms with Crippen LogP contribution < -0.4 is 11.4 Å². The molecule has 0 aromatic carbocycles. The second-order valence-corrected chi connectivity index (χ2v) is 6.11. The predicted octanol–water partition coefficient (Wildman–Crippen LogP) is -1.38. The van der Waals surface area contributed by atoms with Gasteiger partial charge in [-0.3, -0.25) is 0 Å². The van der Waals surface area contributed by atoms with Crippen LogP contribution >= 0.6 is 0 Å². The van der Waals surface area contributed by atoms with E-state index in [1.807, 2.05) is 5.82 Å². The molecule has 0 saturated carbocycles. The number of aliphatic hydroxyl groups excluding tert-OH is 2. The fourth-order valence-electron chi connectivity index (χ4n) is 1.97. The maximum atomic E-state index is 11.7. The van der Waals surface area contributed by atoms with Crippen LogP contribution in [-0.2, 0) is 4.74 Å². The summed E-state index contributed by atoms with van der Waals surface area (Å²) in [6.07, 6.45) is -0.524. The van der Waals surface area contributed by atoms with E-state index in [1.165, 1.54) is 16.8 Å². The van der Waals surface area contributed by atoms with E-state index in [0.29, 0.717) is 0 Å². The van der Waals surface area contributed by atoms with Gasteiger partial charge in [0, 0.05) is 0 Å². The molecule has 2 unspecified atom stereocenters. The molecule has 2 heterocycles. The molecule has 4 N–H and O–H groups in total. The molecule has 1 aromatic rings. The van der Waals surface area contributed by atoms with E-state index in [1.54, 1.807) is 0 Å². The minimum absolute atomic E-state index is 0.0643. The molecule has 1 saturated heterocycles. The molecule has 1 aliphatic rings. The molecule has 4 atom stereocenters. The quantitative estimate of drug-likeness (QED) is 0.592. The number of aromatic nitrogens is 2. The van der Waals surface area contributed by atoms with Gasteiger partial charge in [0.25, 0.3) is 0 Å². The van der Waals surface area contributed by atoms with Crippen LogP contribution in [0.5, 0.6) is 0 Å². The first-order chi connectivity index (χ1) is 8.58. The van der Waals surface area contributed by atoms with Gasteiger partial charge in [-0.25, -0.2) is 0 Å². The van der Waals surface area contributed by atoms with Crippen molar-refractivity contribution in [3.8, 4) is 0 Å². The van der Waals surface area contributed by atoms with E-state index >= 15 is 0 Å². The van der Waals surface area contributed by atoms with Crippen molar-refractivity contribution >= 4 is 20.8 Å². The maximum absolute atomic E-state index is 11.7. The Labute approximate surface area is 110 Å². The zero-order valence-electron chi connectivity index (χ0n) is 9.76. The first-order valence-corrected chi connectivity index (χ1v) is 8.10. The van der Waals surface area contributed by atoms with Crippen LogP contribution in [0, 0.1) is 0 Å². The average molecular weight is 320 g/mol. The van der Waals surface area contributed by atoms with E-state index in [9.17, 15) is 9.90 Å². The molecule has 7 nitrogen and oxygen atoms in total. The Hall–Kier alpha value is -0.921. The van der Waals surface area contributed by atoms with Gasteiger partial charge in [0.05, 0.1) is 0 Å². The first-order valence-electron chi connectivity index (χ1n) is 5.40. The Balaban J connectivity index is 2.35. The van der Waals surface area contributed by atoms with Gasteiger partial charge in [-0.1, -0.05) is 0 Å². The number of aliphatic hydroxyl groups is 2. The van der Waals surface area contributed by atoms with E-state index in [2.05, 4.69) is 4.98 Å². The Morgan fingerprint density at radius 3 is 2.94 bits per heavy atom. The van der Waals surface area contributed by atoms with Gasteiger partial charge in [-0.15, -0.1) is 0 Å². The molecule has 0 amide bonds. The van der Waals surface area contributed by atoms with Crippen LogP contribution in [0.1, 0.15) is 6.23 Å². The minimum atomic E-state index is -0.769. The third-order valence-corrected chi connectivity index (χ3v) is 5.11. The number of ether oxygens (including phenoxy) is 1. The summed E-state index contributed by atoms with van der Waals surface area (Å²) in [4.78, 5) is 15.2. The Bertz CT molecular complexity index is 480. The topological polar surface area (TPSA) is 111 Å². The van der Waals surface area contributed by atoms with Gasteiger partial charge in [0.1, 0.15) is 0 Å². The van der Waals surface area contributed by atoms with Crippen molar-refractivity contribution < 1.29 is 14.9 Å². The molecule has 100 valence electrons. The van der Waals surface area contributed by atoms with Crippen molar-refractivity contribution in [2.45, 2.75) is 29.1 Å². The number of hydrogen-bond donors (Lipinski definition) is 3. The zero-order chi connectivity index (χ0) is 13.3. The molecule has 8 heteroatoms. The fourth-order valence-corrected chi connectivity index (χ4v) is 3.82. The van der Waals surface area contributed by atoms with Crippen LogP contribution in [-0.4, -0.2) is 53.5 Å². The van der Waals surface area contributed by atoms with E-state index in [-0.39, 0.29) is 32.2 Å². The van der Waals surface area contributed by atoms with Crippen LogP contribution in [0.2, 0.25) is 10.6 Å². The molecule has 1 fully saturated rings. The summed E-state index contributed by atoms with van der Waals surface area (Å²) < 4.78 is 6.84. The van der Waals surface area contributed by atoms with Crippen LogP contribution in [0.4, 0.5) is 5.82 Å². The summed E-state index contributed by atoms with van der Waals surface area (Å²) in [7, 11) is 0. The number of rotatable bonds is 3. The van der Waals surface area contributed by atoms with Crippen molar-refractivity contribution in [2.24, 2.45) is 0 Å². The molecule has 2 rings (SSSR count). The molecular weight excluding hydrogens is 305 g/mol. The number of anilines is 1. The Morgan fingerprint density at radius 1 is 1.67 bits per heavy atom. The van der Waals surface area contributed by atoms with E-state index in [4.69, 9.17) is 15.6 Å². The summed E-state index contributed by atoms with van der Waals surface area (Å²) in [5, 5.41) is 19.1. The van der Waals surface area contributed by atoms with Crippen molar-refractivity contribution in [1.82, 2.24) is 9.55 Å². The normalized spacial score (nSPS) is 31.7. The second kappa shape index (κ2) is 5.38. The van der Waals surface area contributed by atoms with Crippen LogP contribution in [0.25, 0.3) is 0 Å². The third-order valence-electron chi connectivity index (χ3n) is 2.89. The Kier molecular flexibility index (Phi) is 4.03. The molecule has 0 aliphatic carbocycles. The second-order valence-electron chi connectivity index (χ2n) is 3.98. The summed E-state index contributed by atoms with van der Waals surface area (Å²) in [6, 6.07) is 1.50. The molecule has 1 aromatic heterocycles. The van der Waals surface area contributed by atoms with Crippen LogP contribution in [0.15, 0.2) is 17.1 Å². The van der Waals surface area contributed by atoms with Gasteiger partial charge in [0.2, 0.25) is 0 Å². The summed E-state index contributed by atoms with van der Waals surface area (Å²) in [6.45, 7) is -0.276. The van der Waals surface area contributed by atoms with Crippen LogP contribution in [0.3, 0.4) is 0 Å². The first kappa shape index (κ1) is 13.5. The van der Waals surface area contributed by atoms with Gasteiger partial charge in [-0.05, 0) is 0 Å². The summed E-state index contributed by atoms with van der Waals surface area (Å²) >= 11 is 0.0643. The van der Waals surface area contributed by atoms with Gasteiger partial charge < -0.3 is 0 Å². The third kappa shape index (κ3) is 2.30. The van der Waals surface area contributed by atoms with Gasteiger partial charge in [-0.2, -0.15) is 0 Å². The predicted molar refractivity (Wildman–Crippen MR) is 65.3 cm³/mol. The molecule has 18 heavy (non-hydrogen) atoms. The summed E-state index contributed by atoms with van der Waals surface area (Å²) in [5.74, 6) is 2.10. The monoisotopic (exact) mass is 321 g/mol. The number of nitrogens with two attached hydrogens (primary N) is 1. The zero-order valence-corrected chi connectivity index (χ0v) is 11.5. The van der Waals surface area contributed by atoms with Crippen molar-refractivity contribution in [3.05, 3.63) is 22.7 Å². The van der Waals surface area contributed by atoms with Gasteiger partial charge in [0.15, 0.2) is 0 Å². The fraction of sp³-hybridized carbons (Fsp3) is 0.600. The molecule has 0 bridgehead atoms. The van der Waals surface area contributed by atoms with E-state index in [0.717, 1.165) is 0 Å². The van der Waals surface area contributed by atoms with Crippen molar-refractivity contribution in [1.29, 1.82) is 0 Å². The standard InChI is InChI=1S/C10H15N3O4Se/c1-18-8-7(15)5(4-14)17-9(8)13-3-2-6(11)12-10(13)16/h2-3,5,7-9,14-15H,4H2,1H3,(H2,11,12,16)/t5?,7-,8?,9+/m0/s1. The van der Waals surface area contributed by atoms with Crippen molar-refractivity contribution in [2.75, 3.05) is 12.3 Å². The molecule has 0 spiro atoms. The number of nitrogens with zero attached hydrogens (tertiary/aromatic N) is 2. The molecule has 1 aliphatic heterocycles. The average Bonchev–Trinajstić information content (AvgIpc) is 2.65. The summed E-state index contributed by atoms with van der Waals surface area (Å²) in [5.41, 5.74) is 4.91. The van der Waals surface area contributed by atoms with E-state index < -0.39 is 24.1 Å². The van der Waals surface area contributed by atoms with Gasteiger partial charge >= 0.3 is 109 Å². The molecular formula is C10H15N3O4Se. The number of hydrogen-bond acceptors (Lipinski definition) is 6. The number of nitrogen functional groups attached to an aromatic ring is 1. The Morgan fingerprint density at radius 2 is 2.39 bits per heavy atom.